The van der Waals surface area contributed by atoms with Gasteiger partial charge >= 0.3 is 0 Å². The summed E-state index contributed by atoms with van der Waals surface area (Å²) in [6.45, 7) is 3.75. The van der Waals surface area contributed by atoms with Crippen molar-refractivity contribution >= 4 is 11.6 Å². The van der Waals surface area contributed by atoms with E-state index in [9.17, 15) is 13.6 Å². The lowest BCUT2D eigenvalue weighted by atomic mass is 10.1. The third-order valence-corrected chi connectivity index (χ3v) is 2.92. The molecule has 0 aromatic heterocycles. The zero-order chi connectivity index (χ0) is 15.4. The van der Waals surface area contributed by atoms with Crippen LogP contribution in [0.5, 0.6) is 5.75 Å². The molecule has 1 N–H and O–H groups in total. The number of benzene rings is 2. The zero-order valence-corrected chi connectivity index (χ0v) is 11.7. The molecule has 5 heteroatoms. The molecule has 2 aromatic rings. The number of carbonyl (C=O) groups excluding carboxylic acids is 1. The maximum absolute atomic E-state index is 13.7. The monoisotopic (exact) mass is 291 g/mol. The zero-order valence-electron chi connectivity index (χ0n) is 11.7. The highest BCUT2D eigenvalue weighted by molar-refractivity contribution is 6.05. The van der Waals surface area contributed by atoms with Gasteiger partial charge in [-0.15, -0.1) is 0 Å². The van der Waals surface area contributed by atoms with Gasteiger partial charge in [0, 0.05) is 17.3 Å². The fraction of sp³-hybridized carbons (Fsp3) is 0.188. The molecule has 1 amide bonds. The second-order valence-electron chi connectivity index (χ2n) is 4.49. The third kappa shape index (κ3) is 3.56. The van der Waals surface area contributed by atoms with Crippen molar-refractivity contribution in [3.05, 3.63) is 59.2 Å². The van der Waals surface area contributed by atoms with E-state index in [1.54, 1.807) is 19.9 Å². The molecular formula is C16H15F2NO2. The quantitative estimate of drug-likeness (QED) is 0.927. The van der Waals surface area contributed by atoms with Crippen molar-refractivity contribution in [1.82, 2.24) is 0 Å². The van der Waals surface area contributed by atoms with Gasteiger partial charge in [-0.1, -0.05) is 0 Å². The van der Waals surface area contributed by atoms with Gasteiger partial charge in [0.25, 0.3) is 5.91 Å². The number of aryl methyl sites for hydroxylation is 1. The number of hydrogen-bond acceptors (Lipinski definition) is 2. The molecular weight excluding hydrogens is 276 g/mol. The Morgan fingerprint density at radius 3 is 2.57 bits per heavy atom. The van der Waals surface area contributed by atoms with Crippen LogP contribution in [0, 0.1) is 18.6 Å². The number of halogens is 2. The molecule has 110 valence electrons. The lowest BCUT2D eigenvalue weighted by molar-refractivity contribution is 0.102. The van der Waals surface area contributed by atoms with Gasteiger partial charge in [-0.05, 0) is 49.7 Å². The normalized spacial score (nSPS) is 10.3. The average Bonchev–Trinajstić information content (AvgIpc) is 2.41. The van der Waals surface area contributed by atoms with Crippen LogP contribution in [0.4, 0.5) is 14.5 Å². The molecule has 0 bridgehead atoms. The number of anilines is 1. The largest absolute Gasteiger partial charge is 0.491 e. The van der Waals surface area contributed by atoms with Gasteiger partial charge in [-0.25, -0.2) is 8.78 Å². The first-order chi connectivity index (χ1) is 10.0. The van der Waals surface area contributed by atoms with Crippen molar-refractivity contribution in [2.75, 3.05) is 11.9 Å². The summed E-state index contributed by atoms with van der Waals surface area (Å²) in [5, 5.41) is 2.57. The second-order valence-corrected chi connectivity index (χ2v) is 4.49. The molecule has 21 heavy (non-hydrogen) atoms. The number of ether oxygens (including phenoxy) is 1. The van der Waals surface area contributed by atoms with E-state index in [4.69, 9.17) is 4.74 Å². The van der Waals surface area contributed by atoms with Crippen LogP contribution >= 0.6 is 0 Å². The minimum atomic E-state index is -0.550. The first-order valence-electron chi connectivity index (χ1n) is 6.51. The molecule has 0 atom stereocenters. The van der Waals surface area contributed by atoms with Crippen molar-refractivity contribution in [3.8, 4) is 5.75 Å². The molecule has 2 aromatic carbocycles. The van der Waals surface area contributed by atoms with Crippen LogP contribution in [0.3, 0.4) is 0 Å². The minimum absolute atomic E-state index is 0.133. The van der Waals surface area contributed by atoms with Crippen LogP contribution in [-0.2, 0) is 0 Å². The van der Waals surface area contributed by atoms with Gasteiger partial charge in [0.1, 0.15) is 5.82 Å². The number of amides is 1. The Bertz CT molecular complexity index is 671. The Morgan fingerprint density at radius 1 is 1.19 bits per heavy atom. The summed E-state index contributed by atoms with van der Waals surface area (Å²) in [5.74, 6) is -1.24. The topological polar surface area (TPSA) is 38.3 Å². The highest BCUT2D eigenvalue weighted by Crippen LogP contribution is 2.22. The molecule has 0 spiro atoms. The first kappa shape index (κ1) is 15.0. The smallest absolute Gasteiger partial charge is 0.255 e. The van der Waals surface area contributed by atoms with Crippen LogP contribution < -0.4 is 10.1 Å². The van der Waals surface area contributed by atoms with E-state index < -0.39 is 17.5 Å². The number of carbonyl (C=O) groups is 1. The Balaban J connectivity index is 2.17. The molecule has 3 nitrogen and oxygen atoms in total. The highest BCUT2D eigenvalue weighted by Gasteiger charge is 2.11. The molecule has 0 fully saturated rings. The van der Waals surface area contributed by atoms with Gasteiger partial charge in [0.15, 0.2) is 11.6 Å². The van der Waals surface area contributed by atoms with Gasteiger partial charge in [-0.2, -0.15) is 0 Å². The summed E-state index contributed by atoms with van der Waals surface area (Å²) in [7, 11) is 0. The maximum atomic E-state index is 13.7. The molecule has 0 aliphatic carbocycles. The second kappa shape index (κ2) is 6.35. The molecule has 0 radical (unpaired) electrons. The number of rotatable bonds is 4. The summed E-state index contributed by atoms with van der Waals surface area (Å²) in [5.41, 5.74) is 1.16. The SMILES string of the molecule is CCOc1ccc(NC(=O)c2ccc(F)cc2C)cc1F. The molecule has 0 unspecified atom stereocenters. The van der Waals surface area contributed by atoms with E-state index >= 15 is 0 Å². The van der Waals surface area contributed by atoms with Gasteiger partial charge in [-0.3, -0.25) is 4.79 Å². The molecule has 0 aliphatic rings. The average molecular weight is 291 g/mol. The van der Waals surface area contributed by atoms with Crippen molar-refractivity contribution in [2.45, 2.75) is 13.8 Å². The first-order valence-corrected chi connectivity index (χ1v) is 6.51. The lowest BCUT2D eigenvalue weighted by Crippen LogP contribution is -2.13. The fourth-order valence-corrected chi connectivity index (χ4v) is 1.93. The Hall–Kier alpha value is -2.43. The maximum Gasteiger partial charge on any atom is 0.255 e. The summed E-state index contributed by atoms with van der Waals surface area (Å²) < 4.78 is 31.8. The molecule has 0 heterocycles. The number of nitrogens with one attached hydrogen (secondary N) is 1. The van der Waals surface area contributed by atoms with Crippen LogP contribution in [0.1, 0.15) is 22.8 Å². The summed E-state index contributed by atoms with van der Waals surface area (Å²) in [6, 6.07) is 8.05. The fourth-order valence-electron chi connectivity index (χ4n) is 1.93. The van der Waals surface area contributed by atoms with Crippen molar-refractivity contribution < 1.29 is 18.3 Å². The van der Waals surface area contributed by atoms with E-state index in [-0.39, 0.29) is 5.75 Å². The highest BCUT2D eigenvalue weighted by atomic mass is 19.1. The molecule has 0 saturated carbocycles. The lowest BCUT2D eigenvalue weighted by Gasteiger charge is -2.10. The van der Waals surface area contributed by atoms with Gasteiger partial charge in [0.2, 0.25) is 0 Å². The number of hydrogen-bond donors (Lipinski definition) is 1. The van der Waals surface area contributed by atoms with E-state index in [0.29, 0.717) is 23.4 Å². The molecule has 0 aliphatic heterocycles. The molecule has 0 saturated heterocycles. The predicted octanol–water partition coefficient (Wildman–Crippen LogP) is 3.92. The minimum Gasteiger partial charge on any atom is -0.491 e. The van der Waals surface area contributed by atoms with E-state index in [0.717, 1.165) is 0 Å². The predicted molar refractivity (Wildman–Crippen MR) is 76.7 cm³/mol. The summed E-state index contributed by atoms with van der Waals surface area (Å²) >= 11 is 0. The van der Waals surface area contributed by atoms with Crippen molar-refractivity contribution in [3.63, 3.8) is 0 Å². The third-order valence-electron chi connectivity index (χ3n) is 2.92. The van der Waals surface area contributed by atoms with Gasteiger partial charge < -0.3 is 10.1 Å². The van der Waals surface area contributed by atoms with Crippen molar-refractivity contribution in [1.29, 1.82) is 0 Å². The Labute approximate surface area is 121 Å². The van der Waals surface area contributed by atoms with Gasteiger partial charge in [0.05, 0.1) is 6.61 Å². The molecule has 2 rings (SSSR count). The van der Waals surface area contributed by atoms with Crippen LogP contribution in [0.2, 0.25) is 0 Å². The Kier molecular flexibility index (Phi) is 4.52. The van der Waals surface area contributed by atoms with E-state index in [1.807, 2.05) is 0 Å². The van der Waals surface area contributed by atoms with E-state index in [2.05, 4.69) is 5.32 Å². The standard InChI is InChI=1S/C16H15F2NO2/c1-3-21-15-7-5-12(9-14(15)18)19-16(20)13-6-4-11(17)8-10(13)2/h4-9H,3H2,1-2H3,(H,19,20). The van der Waals surface area contributed by atoms with Crippen LogP contribution in [-0.4, -0.2) is 12.5 Å². The summed E-state index contributed by atoms with van der Waals surface area (Å²) in [6.07, 6.45) is 0. The van der Waals surface area contributed by atoms with Crippen LogP contribution in [0.25, 0.3) is 0 Å². The van der Waals surface area contributed by atoms with E-state index in [1.165, 1.54) is 30.3 Å². The van der Waals surface area contributed by atoms with Crippen LogP contribution in [0.15, 0.2) is 36.4 Å². The van der Waals surface area contributed by atoms with Crippen molar-refractivity contribution in [2.24, 2.45) is 0 Å². The summed E-state index contributed by atoms with van der Waals surface area (Å²) in [4.78, 5) is 12.1. The Morgan fingerprint density at radius 2 is 1.95 bits per heavy atom.